The molecule has 5 nitrogen and oxygen atoms in total. The summed E-state index contributed by atoms with van der Waals surface area (Å²) in [5, 5.41) is 0. The molecule has 0 bridgehead atoms. The second kappa shape index (κ2) is 8.76. The predicted octanol–water partition coefficient (Wildman–Crippen LogP) is 3.88. The molecular formula is C20H29ClFN3O2. The van der Waals surface area contributed by atoms with E-state index < -0.39 is 0 Å². The van der Waals surface area contributed by atoms with E-state index in [1.807, 2.05) is 0 Å². The van der Waals surface area contributed by atoms with Crippen LogP contribution in [0.15, 0.2) is 23.0 Å². The van der Waals surface area contributed by atoms with Crippen LogP contribution in [0.4, 0.5) is 4.39 Å². The minimum Gasteiger partial charge on any atom is -0.379 e. The number of nitrogens with one attached hydrogen (secondary N) is 1. The lowest BCUT2D eigenvalue weighted by Crippen LogP contribution is -2.45. The van der Waals surface area contributed by atoms with Crippen molar-refractivity contribution in [2.45, 2.75) is 63.6 Å². The Morgan fingerprint density at radius 2 is 1.81 bits per heavy atom. The van der Waals surface area contributed by atoms with Crippen LogP contribution in [0.2, 0.25) is 0 Å². The number of halogens is 2. The van der Waals surface area contributed by atoms with Crippen molar-refractivity contribution in [1.82, 2.24) is 14.5 Å². The standard InChI is InChI=1S/C20H28FN3O2.ClH/c1-2-26-17-6-4-15(5-7-17)23-11-9-16(10-12-23)24-19-13-14(21)3-8-18(19)22-20(24)25;/h3,8,13,15-17H,2,4-7,9-12H2,1H3,(H,22,25);1H. The first-order chi connectivity index (χ1) is 12.7. The summed E-state index contributed by atoms with van der Waals surface area (Å²) in [6.07, 6.45) is 7.03. The van der Waals surface area contributed by atoms with Crippen molar-refractivity contribution in [2.75, 3.05) is 19.7 Å². The quantitative estimate of drug-likeness (QED) is 0.851. The minimum absolute atomic E-state index is 0. The van der Waals surface area contributed by atoms with Gasteiger partial charge < -0.3 is 14.6 Å². The van der Waals surface area contributed by atoms with Gasteiger partial charge in [0, 0.05) is 31.8 Å². The summed E-state index contributed by atoms with van der Waals surface area (Å²) in [6.45, 7) is 4.88. The highest BCUT2D eigenvalue weighted by Crippen LogP contribution is 2.31. The van der Waals surface area contributed by atoms with Crippen LogP contribution in [0, 0.1) is 5.82 Å². The number of fused-ring (bicyclic) bond motifs is 1. The zero-order valence-corrected chi connectivity index (χ0v) is 16.6. The number of H-pyrrole nitrogens is 1. The Labute approximate surface area is 165 Å². The van der Waals surface area contributed by atoms with Crippen molar-refractivity contribution in [3.8, 4) is 0 Å². The summed E-state index contributed by atoms with van der Waals surface area (Å²) >= 11 is 0. The van der Waals surface area contributed by atoms with E-state index in [0.717, 1.165) is 45.4 Å². The Morgan fingerprint density at radius 3 is 2.48 bits per heavy atom. The average molecular weight is 398 g/mol. The molecule has 0 amide bonds. The molecule has 1 aromatic carbocycles. The largest absolute Gasteiger partial charge is 0.379 e. The van der Waals surface area contributed by atoms with Crippen LogP contribution in [0.25, 0.3) is 11.0 Å². The first-order valence-corrected chi connectivity index (χ1v) is 9.91. The van der Waals surface area contributed by atoms with E-state index in [-0.39, 0.29) is 30.0 Å². The molecule has 1 N–H and O–H groups in total. The van der Waals surface area contributed by atoms with Gasteiger partial charge in [-0.25, -0.2) is 9.18 Å². The molecule has 0 atom stereocenters. The Balaban J connectivity index is 0.00000210. The Morgan fingerprint density at radius 1 is 1.11 bits per heavy atom. The van der Waals surface area contributed by atoms with Gasteiger partial charge in [-0.3, -0.25) is 4.57 Å². The maximum atomic E-state index is 13.6. The highest BCUT2D eigenvalue weighted by atomic mass is 35.5. The summed E-state index contributed by atoms with van der Waals surface area (Å²) in [4.78, 5) is 17.8. The van der Waals surface area contributed by atoms with E-state index >= 15 is 0 Å². The fraction of sp³-hybridized carbons (Fsp3) is 0.650. The van der Waals surface area contributed by atoms with Crippen LogP contribution < -0.4 is 5.69 Å². The number of likely N-dealkylation sites (tertiary alicyclic amines) is 1. The van der Waals surface area contributed by atoms with Gasteiger partial charge in [-0.2, -0.15) is 0 Å². The molecule has 1 saturated carbocycles. The van der Waals surface area contributed by atoms with Crippen molar-refractivity contribution in [3.05, 3.63) is 34.5 Å². The van der Waals surface area contributed by atoms with Crippen molar-refractivity contribution in [1.29, 1.82) is 0 Å². The molecular weight excluding hydrogens is 369 g/mol. The Hall–Kier alpha value is -1.37. The molecule has 150 valence electrons. The predicted molar refractivity (Wildman–Crippen MR) is 107 cm³/mol. The SMILES string of the molecule is CCOC1CCC(N2CCC(n3c(=O)[nH]c4ccc(F)cc43)CC2)CC1.Cl. The first kappa shape index (κ1) is 20.4. The van der Waals surface area contributed by atoms with Crippen LogP contribution in [0.1, 0.15) is 51.5 Å². The van der Waals surface area contributed by atoms with Gasteiger partial charge in [-0.05, 0) is 63.6 Å². The summed E-state index contributed by atoms with van der Waals surface area (Å²) in [6, 6.07) is 5.30. The van der Waals surface area contributed by atoms with Crippen molar-refractivity contribution in [3.63, 3.8) is 0 Å². The van der Waals surface area contributed by atoms with Gasteiger partial charge in [-0.1, -0.05) is 0 Å². The van der Waals surface area contributed by atoms with Gasteiger partial charge in [0.1, 0.15) is 5.82 Å². The zero-order valence-electron chi connectivity index (χ0n) is 15.8. The van der Waals surface area contributed by atoms with Crippen LogP contribution >= 0.6 is 12.4 Å². The first-order valence-electron chi connectivity index (χ1n) is 9.91. The summed E-state index contributed by atoms with van der Waals surface area (Å²) < 4.78 is 21.2. The van der Waals surface area contributed by atoms with Gasteiger partial charge in [-0.15, -0.1) is 12.4 Å². The molecule has 2 fully saturated rings. The molecule has 7 heteroatoms. The number of nitrogens with zero attached hydrogens (tertiary/aromatic N) is 2. The minimum atomic E-state index is -0.297. The normalized spacial score (nSPS) is 24.8. The monoisotopic (exact) mass is 397 g/mol. The number of imidazole rings is 1. The lowest BCUT2D eigenvalue weighted by molar-refractivity contribution is 0.00796. The number of aromatic amines is 1. The number of hydrogen-bond acceptors (Lipinski definition) is 3. The van der Waals surface area contributed by atoms with E-state index in [0.29, 0.717) is 23.2 Å². The third kappa shape index (κ3) is 4.23. The van der Waals surface area contributed by atoms with Crippen LogP contribution in [-0.2, 0) is 4.74 Å². The maximum absolute atomic E-state index is 13.6. The lowest BCUT2D eigenvalue weighted by atomic mass is 9.90. The molecule has 0 unspecified atom stereocenters. The number of hydrogen-bond donors (Lipinski definition) is 1. The van der Waals surface area contributed by atoms with E-state index in [1.54, 1.807) is 10.6 Å². The van der Waals surface area contributed by atoms with Crippen molar-refractivity contribution in [2.24, 2.45) is 0 Å². The molecule has 2 aromatic rings. The molecule has 0 radical (unpaired) electrons. The second-order valence-electron chi connectivity index (χ2n) is 7.61. The van der Waals surface area contributed by atoms with Crippen molar-refractivity contribution < 1.29 is 9.13 Å². The lowest BCUT2D eigenvalue weighted by Gasteiger charge is -2.40. The second-order valence-corrected chi connectivity index (χ2v) is 7.61. The summed E-state index contributed by atoms with van der Waals surface area (Å²) in [5.74, 6) is -0.297. The summed E-state index contributed by atoms with van der Waals surface area (Å²) in [7, 11) is 0. The van der Waals surface area contributed by atoms with Gasteiger partial charge in [0.25, 0.3) is 0 Å². The fourth-order valence-corrected chi connectivity index (χ4v) is 4.78. The van der Waals surface area contributed by atoms with Crippen LogP contribution in [0.3, 0.4) is 0 Å². The van der Waals surface area contributed by atoms with E-state index in [1.165, 1.54) is 25.0 Å². The molecule has 2 aliphatic rings. The molecule has 1 aliphatic heterocycles. The number of ether oxygens (including phenoxy) is 1. The molecule has 1 aromatic heterocycles. The van der Waals surface area contributed by atoms with Crippen LogP contribution in [-0.4, -0.2) is 46.3 Å². The third-order valence-electron chi connectivity index (χ3n) is 6.11. The van der Waals surface area contributed by atoms with Gasteiger partial charge >= 0.3 is 5.69 Å². The highest BCUT2D eigenvalue weighted by Gasteiger charge is 2.30. The van der Waals surface area contributed by atoms with Gasteiger partial charge in [0.15, 0.2) is 0 Å². The Bertz CT molecular complexity index is 805. The van der Waals surface area contributed by atoms with Crippen LogP contribution in [0.5, 0.6) is 0 Å². The van der Waals surface area contributed by atoms with E-state index in [4.69, 9.17) is 4.74 Å². The Kier molecular flexibility index (Phi) is 6.61. The molecule has 4 rings (SSSR count). The molecule has 0 spiro atoms. The number of rotatable bonds is 4. The molecule has 27 heavy (non-hydrogen) atoms. The highest BCUT2D eigenvalue weighted by molar-refractivity contribution is 5.85. The topological polar surface area (TPSA) is 50.3 Å². The number of piperidine rings is 1. The zero-order chi connectivity index (χ0) is 18.1. The average Bonchev–Trinajstić information content (AvgIpc) is 2.98. The molecule has 1 saturated heterocycles. The van der Waals surface area contributed by atoms with E-state index in [2.05, 4.69) is 16.8 Å². The summed E-state index contributed by atoms with van der Waals surface area (Å²) in [5.41, 5.74) is 1.28. The van der Waals surface area contributed by atoms with Crippen molar-refractivity contribution >= 4 is 23.4 Å². The fourth-order valence-electron chi connectivity index (χ4n) is 4.78. The van der Waals surface area contributed by atoms with Gasteiger partial charge in [0.05, 0.1) is 17.1 Å². The third-order valence-corrected chi connectivity index (χ3v) is 6.11. The number of aromatic nitrogens is 2. The molecule has 2 heterocycles. The maximum Gasteiger partial charge on any atom is 0.326 e. The smallest absolute Gasteiger partial charge is 0.326 e. The van der Waals surface area contributed by atoms with E-state index in [9.17, 15) is 9.18 Å². The van der Waals surface area contributed by atoms with Gasteiger partial charge in [0.2, 0.25) is 0 Å². The molecule has 1 aliphatic carbocycles. The number of benzene rings is 1.